The van der Waals surface area contributed by atoms with Gasteiger partial charge in [-0.15, -0.1) is 0 Å². The molecule has 16 heteroatoms. The maximum absolute atomic E-state index is 14.5. The average Bonchev–Trinajstić information content (AvgIpc) is 3.29. The van der Waals surface area contributed by atoms with E-state index in [0.717, 1.165) is 18.4 Å². The van der Waals surface area contributed by atoms with Gasteiger partial charge in [0.2, 0.25) is 5.79 Å². The smallest absolute Gasteiger partial charge is 0.407 e. The van der Waals surface area contributed by atoms with Crippen molar-refractivity contribution in [3.8, 4) is 0 Å². The second kappa shape index (κ2) is 24.8. The first-order chi connectivity index (χ1) is 31.7. The zero-order valence-corrected chi connectivity index (χ0v) is 43.0. The number of nitrogens with zero attached hydrogens (tertiary/aromatic N) is 1. The molecule has 6 bridgehead atoms. The number of fused-ring (bicyclic) bond motifs is 3. The number of carbonyl (C=O) groups is 5. The number of hydrogen-bond donors (Lipinski definition) is 2. The molecule has 4 heterocycles. The van der Waals surface area contributed by atoms with Crippen molar-refractivity contribution >= 4 is 47.6 Å². The van der Waals surface area contributed by atoms with Gasteiger partial charge in [0.05, 0.1) is 23.6 Å². The van der Waals surface area contributed by atoms with Crippen LogP contribution in [0.5, 0.6) is 0 Å². The van der Waals surface area contributed by atoms with Gasteiger partial charge in [0.25, 0.3) is 11.7 Å². The maximum atomic E-state index is 14.5. The van der Waals surface area contributed by atoms with Gasteiger partial charge in [-0.1, -0.05) is 68.7 Å². The number of hydrogen-bond acceptors (Lipinski definition) is 14. The molecule has 2 N–H and O–H groups in total. The van der Waals surface area contributed by atoms with Crippen LogP contribution in [0.3, 0.4) is 0 Å². The summed E-state index contributed by atoms with van der Waals surface area (Å²) in [7, 11) is 3.17. The summed E-state index contributed by atoms with van der Waals surface area (Å²) in [5.74, 6) is -8.36. The number of aliphatic hydroxyl groups excluding tert-OH is 1. The number of methoxy groups -OCH3 is 3. The zero-order chi connectivity index (χ0) is 49.3. The minimum atomic E-state index is -2.44. The summed E-state index contributed by atoms with van der Waals surface area (Å²) in [6, 6.07) is -1.12. The van der Waals surface area contributed by atoms with Gasteiger partial charge in [-0.25, -0.2) is 4.79 Å². The predicted octanol–water partition coefficient (Wildman–Crippen LogP) is 7.51. The molecule has 0 aromatic heterocycles. The molecule has 5 rings (SSSR count). The van der Waals surface area contributed by atoms with Gasteiger partial charge in [-0.2, -0.15) is 0 Å². The Morgan fingerprint density at radius 2 is 1.63 bits per heavy atom. The monoisotopic (exact) mass is 974 g/mol. The van der Waals surface area contributed by atoms with Crippen molar-refractivity contribution in [2.45, 2.75) is 166 Å². The Bertz CT molecular complexity index is 1920. The van der Waals surface area contributed by atoms with E-state index >= 15 is 0 Å². The van der Waals surface area contributed by atoms with Crippen LogP contribution in [-0.2, 0) is 52.2 Å². The summed E-state index contributed by atoms with van der Waals surface area (Å²) in [6.45, 7) is 12.6. The van der Waals surface area contributed by atoms with Crippen LogP contribution in [0.1, 0.15) is 112 Å². The lowest BCUT2D eigenvalue weighted by molar-refractivity contribution is -0.266. The highest BCUT2D eigenvalue weighted by molar-refractivity contribution is 8.51. The summed E-state index contributed by atoms with van der Waals surface area (Å²) in [5.41, 5.74) is 1.28. The molecule has 0 radical (unpaired) electrons. The minimum Gasteiger partial charge on any atom is -0.460 e. The van der Waals surface area contributed by atoms with Gasteiger partial charge < -0.3 is 38.8 Å². The molecule has 1 amide bonds. The number of ether oxygens (including phenoxy) is 5. The molecule has 67 heavy (non-hydrogen) atoms. The number of allylic oxidation sites excluding steroid dienone is 6. The quantitative estimate of drug-likeness (QED) is 0.110. The lowest BCUT2D eigenvalue weighted by Gasteiger charge is -2.50. The first-order valence-electron chi connectivity index (χ1n) is 24.3. The Hall–Kier alpha value is -2.88. The molecule has 13 unspecified atom stereocenters. The number of aliphatic hydroxyl groups is 2. The van der Waals surface area contributed by atoms with E-state index in [1.54, 1.807) is 47.7 Å². The lowest BCUT2D eigenvalue weighted by Crippen LogP contribution is -2.65. The average molecular weight is 975 g/mol. The molecule has 0 aromatic rings. The molecule has 374 valence electrons. The van der Waals surface area contributed by atoms with Crippen LogP contribution in [0.15, 0.2) is 47.6 Å². The van der Waals surface area contributed by atoms with E-state index in [9.17, 15) is 38.8 Å². The molecular formula is C51H77NO13PS+. The first kappa shape index (κ1) is 55.1. The zero-order valence-electron chi connectivity index (χ0n) is 41.3. The Morgan fingerprint density at radius 1 is 0.896 bits per heavy atom. The van der Waals surface area contributed by atoms with E-state index in [2.05, 4.69) is 0 Å². The van der Waals surface area contributed by atoms with Gasteiger partial charge in [0, 0.05) is 64.4 Å². The molecule has 0 spiro atoms. The van der Waals surface area contributed by atoms with E-state index in [-0.39, 0.29) is 53.6 Å². The third-order valence-corrected chi connectivity index (χ3v) is 18.0. The molecule has 1 aliphatic carbocycles. The number of amides is 1. The van der Waals surface area contributed by atoms with Crippen molar-refractivity contribution in [3.05, 3.63) is 47.6 Å². The number of esters is 1. The van der Waals surface area contributed by atoms with Crippen LogP contribution in [-0.4, -0.2) is 133 Å². The van der Waals surface area contributed by atoms with Gasteiger partial charge in [-0.3, -0.25) is 19.2 Å². The van der Waals surface area contributed by atoms with E-state index in [1.807, 2.05) is 51.2 Å². The lowest BCUT2D eigenvalue weighted by atomic mass is 9.68. The predicted molar refractivity (Wildman–Crippen MR) is 257 cm³/mol. The summed E-state index contributed by atoms with van der Waals surface area (Å²) < 4.78 is 42.1. The van der Waals surface area contributed by atoms with Crippen molar-refractivity contribution in [2.75, 3.05) is 34.5 Å². The number of rotatable bonds is 7. The SMILES string of the molecule is COC1CC(C[C@@H]2C3CC(=O)C(C)/C=C(/C)C(O)[C@@H](OC)C(=O)C(C)CC(C)\C=C/C=C\C=C(\C)[C@@H](OC)C[C@@H]4CCC(C)C(O)(O4)C(=O)C(=O)N4CCCC2C4C(=O)O3)CCC1S[P+](C)=O. The van der Waals surface area contributed by atoms with Gasteiger partial charge >= 0.3 is 13.0 Å². The van der Waals surface area contributed by atoms with E-state index in [1.165, 1.54) is 23.4 Å². The first-order valence-corrected chi connectivity index (χ1v) is 27.5. The molecule has 0 aromatic carbocycles. The van der Waals surface area contributed by atoms with Crippen molar-refractivity contribution in [1.29, 1.82) is 0 Å². The van der Waals surface area contributed by atoms with Crippen LogP contribution >= 0.6 is 18.4 Å². The second-order valence-corrected chi connectivity index (χ2v) is 23.9. The van der Waals surface area contributed by atoms with Crippen molar-refractivity contribution in [3.63, 3.8) is 0 Å². The molecule has 4 fully saturated rings. The van der Waals surface area contributed by atoms with Crippen LogP contribution in [0.4, 0.5) is 0 Å². The number of ketones is 3. The second-order valence-electron chi connectivity index (χ2n) is 20.0. The normalized spacial score (nSPS) is 42.0. The van der Waals surface area contributed by atoms with Crippen LogP contribution in [0, 0.1) is 41.4 Å². The molecule has 5 aliphatic rings. The molecule has 3 saturated heterocycles. The summed E-state index contributed by atoms with van der Waals surface area (Å²) >= 11 is 1.43. The van der Waals surface area contributed by atoms with Crippen molar-refractivity contribution < 1.29 is 62.4 Å². The number of piperidine rings is 1. The Balaban J connectivity index is 1.51. The number of Topliss-reactive ketones (excluding diaryl/α,β-unsaturated/α-hetero) is 3. The Labute approximate surface area is 402 Å². The molecule has 4 aliphatic heterocycles. The van der Waals surface area contributed by atoms with Crippen molar-refractivity contribution in [1.82, 2.24) is 4.90 Å². The summed E-state index contributed by atoms with van der Waals surface area (Å²) in [5, 5.41) is 23.6. The third-order valence-electron chi connectivity index (χ3n) is 15.2. The third kappa shape index (κ3) is 13.5. The van der Waals surface area contributed by atoms with Gasteiger partial charge in [0.15, 0.2) is 5.78 Å². The molecule has 14 nitrogen and oxygen atoms in total. The Morgan fingerprint density at radius 3 is 2.30 bits per heavy atom. The molecule has 17 atom stereocenters. The fraction of sp³-hybridized carbons (Fsp3) is 0.745. The van der Waals surface area contributed by atoms with Crippen LogP contribution < -0.4 is 0 Å². The van der Waals surface area contributed by atoms with Crippen LogP contribution in [0.2, 0.25) is 0 Å². The topological polar surface area (TPSA) is 192 Å². The van der Waals surface area contributed by atoms with E-state index in [0.29, 0.717) is 56.9 Å². The molecule has 1 saturated carbocycles. The van der Waals surface area contributed by atoms with Gasteiger partial charge in [-0.05, 0) is 101 Å². The van der Waals surface area contributed by atoms with Crippen LogP contribution in [0.25, 0.3) is 0 Å². The largest absolute Gasteiger partial charge is 0.460 e. The number of carbonyl (C=O) groups excluding carboxylic acids is 5. The summed E-state index contributed by atoms with van der Waals surface area (Å²) in [6.07, 6.45) is 12.2. The maximum Gasteiger partial charge on any atom is 0.407 e. The van der Waals surface area contributed by atoms with Gasteiger partial charge in [0.1, 0.15) is 48.2 Å². The molecular weight excluding hydrogens is 898 g/mol. The van der Waals surface area contributed by atoms with E-state index < -0.39 is 90.7 Å². The highest BCUT2D eigenvalue weighted by atomic mass is 32.7. The van der Waals surface area contributed by atoms with E-state index in [4.69, 9.17) is 23.7 Å². The Kier molecular flexibility index (Phi) is 20.4. The highest BCUT2D eigenvalue weighted by Gasteiger charge is 2.57. The highest BCUT2D eigenvalue weighted by Crippen LogP contribution is 2.49. The summed E-state index contributed by atoms with van der Waals surface area (Å²) in [4.78, 5) is 72.5. The fourth-order valence-electron chi connectivity index (χ4n) is 11.2. The minimum absolute atomic E-state index is 0.0210. The fourth-order valence-corrected chi connectivity index (χ4v) is 14.1. The standard InChI is InChI=1S/C51H77NO13PS/c1-29-15-12-11-13-16-30(2)40(61-7)27-36-20-18-34(6)51(59,65-36)48(56)49(57)52-22-14-17-37-38(25-35-19-21-43(67-66(10)60)42(26-35)62-8)41(64-50(58)44(37)52)28-39(53)31(3)24-33(5)46(55)47(63-9)45(54)32(4)23-29/h11-13,15-16,24,29,31-32,34-38,40-44,46-47,55,59H,14,17-23,25-28H2,1-10H3/q+1/b13-11-,15-12-,30-16-,33-24-/t29?,31?,32?,34?,35?,36-,37?,38-,40-,41?,42?,43?,44?,46?,47-,51?/m0/s1. The van der Waals surface area contributed by atoms with Crippen molar-refractivity contribution in [2.24, 2.45) is 41.4 Å².